The lowest BCUT2D eigenvalue weighted by Crippen LogP contribution is -2.30. The quantitative estimate of drug-likeness (QED) is 0.789. The van der Waals surface area contributed by atoms with E-state index in [-0.39, 0.29) is 11.6 Å². The number of nitrogens with two attached hydrogens (primary N) is 1. The second-order valence-electron chi connectivity index (χ2n) is 4.69. The molecule has 5 heteroatoms. The maximum atomic E-state index is 12.7. The van der Waals surface area contributed by atoms with Gasteiger partial charge in [0.2, 0.25) is 0 Å². The molecular formula is C15H16N4O. The number of aromatic nitrogens is 3. The average molecular weight is 268 g/mol. The third-order valence-electron chi connectivity index (χ3n) is 3.38. The zero-order chi connectivity index (χ0) is 14.1. The number of nitrogens with zero attached hydrogens (tertiary/aromatic N) is 3. The molecule has 1 aromatic carbocycles. The van der Waals surface area contributed by atoms with Gasteiger partial charge in [-0.15, -0.1) is 0 Å². The lowest BCUT2D eigenvalue weighted by Gasteiger charge is -2.16. The summed E-state index contributed by atoms with van der Waals surface area (Å²) >= 11 is 0. The van der Waals surface area contributed by atoms with Crippen molar-refractivity contribution in [3.8, 4) is 5.69 Å². The first-order valence-corrected chi connectivity index (χ1v) is 6.63. The predicted molar refractivity (Wildman–Crippen MR) is 78.0 cm³/mol. The van der Waals surface area contributed by atoms with Crippen molar-refractivity contribution in [3.63, 3.8) is 0 Å². The molecule has 2 heterocycles. The number of hydrogen-bond donors (Lipinski definition) is 1. The van der Waals surface area contributed by atoms with Crippen molar-refractivity contribution in [2.45, 2.75) is 19.4 Å². The fraction of sp³-hybridized carbons (Fsp3) is 0.200. The highest BCUT2D eigenvalue weighted by molar-refractivity contribution is 5.47. The number of para-hydroxylation sites is 1. The van der Waals surface area contributed by atoms with E-state index in [0.717, 1.165) is 5.69 Å². The zero-order valence-corrected chi connectivity index (χ0v) is 11.2. The second-order valence-corrected chi connectivity index (χ2v) is 4.69. The van der Waals surface area contributed by atoms with Crippen molar-refractivity contribution in [3.05, 3.63) is 64.8 Å². The second kappa shape index (κ2) is 4.94. The van der Waals surface area contributed by atoms with Crippen molar-refractivity contribution < 1.29 is 0 Å². The molecule has 3 rings (SSSR count). The fourth-order valence-electron chi connectivity index (χ4n) is 2.25. The molecule has 0 bridgehead atoms. The molecule has 1 atom stereocenters. The monoisotopic (exact) mass is 268 g/mol. The van der Waals surface area contributed by atoms with E-state index >= 15 is 0 Å². The van der Waals surface area contributed by atoms with Gasteiger partial charge >= 0.3 is 0 Å². The lowest BCUT2D eigenvalue weighted by molar-refractivity contribution is 0.592. The summed E-state index contributed by atoms with van der Waals surface area (Å²) in [6, 6.07) is 12.8. The molecular weight excluding hydrogens is 252 g/mol. The van der Waals surface area contributed by atoms with Crippen LogP contribution in [0.25, 0.3) is 11.2 Å². The summed E-state index contributed by atoms with van der Waals surface area (Å²) in [7, 11) is 0. The Morgan fingerprint density at radius 3 is 2.65 bits per heavy atom. The van der Waals surface area contributed by atoms with Gasteiger partial charge < -0.3 is 5.73 Å². The molecule has 20 heavy (non-hydrogen) atoms. The number of fused-ring (bicyclic) bond motifs is 1. The van der Waals surface area contributed by atoms with Crippen LogP contribution in [0.3, 0.4) is 0 Å². The van der Waals surface area contributed by atoms with Gasteiger partial charge in [0.1, 0.15) is 5.52 Å². The van der Waals surface area contributed by atoms with Gasteiger partial charge in [0.05, 0.1) is 11.7 Å². The van der Waals surface area contributed by atoms with E-state index in [4.69, 9.17) is 5.73 Å². The van der Waals surface area contributed by atoms with E-state index in [2.05, 4.69) is 5.10 Å². The van der Waals surface area contributed by atoms with Gasteiger partial charge in [-0.3, -0.25) is 9.36 Å². The minimum absolute atomic E-state index is 0.102. The average Bonchev–Trinajstić information content (AvgIpc) is 2.96. The third kappa shape index (κ3) is 1.92. The van der Waals surface area contributed by atoms with Crippen LogP contribution in [0.5, 0.6) is 0 Å². The fourth-order valence-corrected chi connectivity index (χ4v) is 2.25. The Labute approximate surface area is 116 Å². The van der Waals surface area contributed by atoms with Crippen LogP contribution < -0.4 is 11.3 Å². The van der Waals surface area contributed by atoms with E-state index in [1.54, 1.807) is 27.4 Å². The summed E-state index contributed by atoms with van der Waals surface area (Å²) in [4.78, 5) is 12.7. The smallest absolute Gasteiger partial charge is 0.282 e. The third-order valence-corrected chi connectivity index (χ3v) is 3.38. The maximum absolute atomic E-state index is 12.7. The number of rotatable bonds is 3. The van der Waals surface area contributed by atoms with Gasteiger partial charge in [0.15, 0.2) is 5.82 Å². The SMILES string of the molecule is CCC(N)c1nn2cccc2c(=O)n1-c1ccccc1. The van der Waals surface area contributed by atoms with E-state index in [1.165, 1.54) is 0 Å². The van der Waals surface area contributed by atoms with E-state index in [0.29, 0.717) is 17.8 Å². The summed E-state index contributed by atoms with van der Waals surface area (Å²) in [5, 5.41) is 4.50. The normalized spacial score (nSPS) is 12.7. The van der Waals surface area contributed by atoms with Crippen LogP contribution in [0.2, 0.25) is 0 Å². The van der Waals surface area contributed by atoms with Crippen molar-refractivity contribution in [2.24, 2.45) is 5.73 Å². The molecule has 2 aromatic heterocycles. The van der Waals surface area contributed by atoms with Crippen LogP contribution in [0.1, 0.15) is 25.2 Å². The summed E-state index contributed by atoms with van der Waals surface area (Å²) < 4.78 is 3.19. The Bertz CT molecular complexity index is 788. The van der Waals surface area contributed by atoms with Gasteiger partial charge in [-0.05, 0) is 30.7 Å². The molecule has 0 saturated heterocycles. The first-order valence-electron chi connectivity index (χ1n) is 6.63. The minimum Gasteiger partial charge on any atom is -0.321 e. The van der Waals surface area contributed by atoms with Crippen molar-refractivity contribution >= 4 is 5.52 Å². The molecule has 0 amide bonds. The molecule has 1 unspecified atom stereocenters. The van der Waals surface area contributed by atoms with Gasteiger partial charge in [-0.25, -0.2) is 4.52 Å². The predicted octanol–water partition coefficient (Wildman–Crippen LogP) is 1.90. The largest absolute Gasteiger partial charge is 0.321 e. The molecule has 0 saturated carbocycles. The van der Waals surface area contributed by atoms with Crippen LogP contribution in [-0.4, -0.2) is 14.2 Å². The summed E-state index contributed by atoms with van der Waals surface area (Å²) in [5.41, 5.74) is 7.35. The molecule has 0 spiro atoms. The van der Waals surface area contributed by atoms with Gasteiger partial charge in [-0.2, -0.15) is 5.10 Å². The molecule has 0 aliphatic rings. The van der Waals surface area contributed by atoms with E-state index in [1.807, 2.05) is 37.3 Å². The first kappa shape index (κ1) is 12.6. The molecule has 102 valence electrons. The number of hydrogen-bond acceptors (Lipinski definition) is 3. The maximum Gasteiger partial charge on any atom is 0.282 e. The Hall–Kier alpha value is -2.40. The Kier molecular flexibility index (Phi) is 3.12. The molecule has 2 N–H and O–H groups in total. The Balaban J connectivity index is 2.38. The lowest BCUT2D eigenvalue weighted by atomic mass is 10.2. The zero-order valence-electron chi connectivity index (χ0n) is 11.2. The standard InChI is InChI=1S/C15H16N4O/c1-2-12(16)14-17-18-10-6-9-13(18)15(20)19(14)11-7-4-3-5-8-11/h3-10,12H,2,16H2,1H3. The Morgan fingerprint density at radius 1 is 1.20 bits per heavy atom. The summed E-state index contributed by atoms with van der Waals surface area (Å²) in [5.74, 6) is 0.576. The molecule has 0 aliphatic carbocycles. The van der Waals surface area contributed by atoms with Gasteiger partial charge in [0, 0.05) is 6.20 Å². The van der Waals surface area contributed by atoms with E-state index in [9.17, 15) is 4.79 Å². The van der Waals surface area contributed by atoms with Crippen LogP contribution in [0, 0.1) is 0 Å². The van der Waals surface area contributed by atoms with Crippen LogP contribution in [-0.2, 0) is 0 Å². The van der Waals surface area contributed by atoms with Crippen LogP contribution in [0.15, 0.2) is 53.5 Å². The van der Waals surface area contributed by atoms with E-state index < -0.39 is 0 Å². The van der Waals surface area contributed by atoms with Crippen LogP contribution >= 0.6 is 0 Å². The highest BCUT2D eigenvalue weighted by Gasteiger charge is 2.17. The summed E-state index contributed by atoms with van der Waals surface area (Å²) in [6.07, 6.45) is 2.48. The van der Waals surface area contributed by atoms with Gasteiger partial charge in [-0.1, -0.05) is 25.1 Å². The molecule has 0 fully saturated rings. The molecule has 5 nitrogen and oxygen atoms in total. The number of benzene rings is 1. The van der Waals surface area contributed by atoms with Crippen LogP contribution in [0.4, 0.5) is 0 Å². The van der Waals surface area contributed by atoms with Crippen molar-refractivity contribution in [2.75, 3.05) is 0 Å². The molecule has 0 aliphatic heterocycles. The molecule has 3 aromatic rings. The Morgan fingerprint density at radius 2 is 1.95 bits per heavy atom. The highest BCUT2D eigenvalue weighted by atomic mass is 16.1. The first-order chi connectivity index (χ1) is 9.72. The minimum atomic E-state index is -0.283. The van der Waals surface area contributed by atoms with Crippen molar-refractivity contribution in [1.82, 2.24) is 14.2 Å². The van der Waals surface area contributed by atoms with Gasteiger partial charge in [0.25, 0.3) is 5.56 Å². The van der Waals surface area contributed by atoms with Crippen molar-refractivity contribution in [1.29, 1.82) is 0 Å². The highest BCUT2D eigenvalue weighted by Crippen LogP contribution is 2.15. The topological polar surface area (TPSA) is 65.3 Å². The molecule has 0 radical (unpaired) electrons. The summed E-state index contributed by atoms with van der Waals surface area (Å²) in [6.45, 7) is 1.98.